The van der Waals surface area contributed by atoms with Crippen molar-refractivity contribution in [2.24, 2.45) is 0 Å². The number of ether oxygens (including phenoxy) is 1. The van der Waals surface area contributed by atoms with Gasteiger partial charge in [-0.25, -0.2) is 9.37 Å². The number of anilines is 1. The van der Waals surface area contributed by atoms with Gasteiger partial charge in [0, 0.05) is 10.8 Å². The number of halogens is 1. The number of carbonyl (C=O) groups is 1. The van der Waals surface area contributed by atoms with Gasteiger partial charge in [-0.15, -0.1) is 11.3 Å². The Balaban J connectivity index is 1.50. The second-order valence-electron chi connectivity index (χ2n) is 5.88. The zero-order valence-electron chi connectivity index (χ0n) is 14.4. The first kappa shape index (κ1) is 17.2. The number of aromatic nitrogens is 1. The average molecular weight is 382 g/mol. The summed E-state index contributed by atoms with van der Waals surface area (Å²) in [6.07, 6.45) is 0.150. The number of hydrogen-bond acceptors (Lipinski definition) is 5. The van der Waals surface area contributed by atoms with E-state index in [-0.39, 0.29) is 18.1 Å². The standard InChI is InChI=1S/C20H15FN2O3S/c1-25-16-4-2-3-13-10-17(26-19(13)16)15-11-27-20(22-15)23-18(24)9-12-5-7-14(21)8-6-12/h2-8,10-11H,9H2,1H3,(H,22,23,24). The molecule has 0 spiro atoms. The highest BCUT2D eigenvalue weighted by atomic mass is 32.1. The van der Waals surface area contributed by atoms with E-state index in [2.05, 4.69) is 10.3 Å². The third kappa shape index (κ3) is 3.68. The lowest BCUT2D eigenvalue weighted by Crippen LogP contribution is -2.14. The average Bonchev–Trinajstić information content (AvgIpc) is 3.29. The molecule has 0 atom stereocenters. The maximum atomic E-state index is 12.9. The molecule has 0 bridgehead atoms. The van der Waals surface area contributed by atoms with Crippen molar-refractivity contribution in [2.45, 2.75) is 6.42 Å². The van der Waals surface area contributed by atoms with Gasteiger partial charge in [-0.1, -0.05) is 24.3 Å². The van der Waals surface area contributed by atoms with Gasteiger partial charge in [-0.3, -0.25) is 4.79 Å². The number of furan rings is 1. The Labute approximate surface area is 158 Å². The van der Waals surface area contributed by atoms with Crippen LogP contribution in [0.2, 0.25) is 0 Å². The Bertz CT molecular complexity index is 1100. The lowest BCUT2D eigenvalue weighted by atomic mass is 10.1. The molecule has 2 aromatic carbocycles. The molecule has 0 saturated heterocycles. The van der Waals surface area contributed by atoms with Crippen molar-refractivity contribution in [3.8, 4) is 17.2 Å². The predicted molar refractivity (Wildman–Crippen MR) is 103 cm³/mol. The third-order valence-electron chi connectivity index (χ3n) is 4.01. The lowest BCUT2D eigenvalue weighted by Gasteiger charge is -2.01. The molecule has 2 aromatic heterocycles. The number of nitrogens with zero attached hydrogens (tertiary/aromatic N) is 1. The second-order valence-corrected chi connectivity index (χ2v) is 6.74. The van der Waals surface area contributed by atoms with Crippen molar-refractivity contribution in [2.75, 3.05) is 12.4 Å². The topological polar surface area (TPSA) is 64.4 Å². The van der Waals surface area contributed by atoms with Crippen LogP contribution in [0.25, 0.3) is 22.4 Å². The molecule has 136 valence electrons. The monoisotopic (exact) mass is 382 g/mol. The molecule has 0 aliphatic rings. The lowest BCUT2D eigenvalue weighted by molar-refractivity contribution is -0.115. The van der Waals surface area contributed by atoms with E-state index in [1.54, 1.807) is 19.2 Å². The van der Waals surface area contributed by atoms with Crippen molar-refractivity contribution >= 4 is 33.3 Å². The molecule has 4 aromatic rings. The quantitative estimate of drug-likeness (QED) is 0.534. The van der Waals surface area contributed by atoms with Crippen LogP contribution in [-0.2, 0) is 11.2 Å². The number of thiazole rings is 1. The normalized spacial score (nSPS) is 10.9. The Morgan fingerprint density at radius 2 is 2.07 bits per heavy atom. The number of rotatable bonds is 5. The van der Waals surface area contributed by atoms with E-state index in [9.17, 15) is 9.18 Å². The summed E-state index contributed by atoms with van der Waals surface area (Å²) in [5.41, 5.74) is 2.02. The minimum Gasteiger partial charge on any atom is -0.493 e. The van der Waals surface area contributed by atoms with Gasteiger partial charge in [0.25, 0.3) is 0 Å². The first-order valence-electron chi connectivity index (χ1n) is 8.19. The molecule has 7 heteroatoms. The third-order valence-corrected chi connectivity index (χ3v) is 4.77. The minimum atomic E-state index is -0.328. The molecule has 2 heterocycles. The second kappa shape index (κ2) is 7.20. The molecule has 0 radical (unpaired) electrons. The maximum absolute atomic E-state index is 12.9. The van der Waals surface area contributed by atoms with E-state index >= 15 is 0 Å². The minimum absolute atomic E-state index is 0.150. The number of fused-ring (bicyclic) bond motifs is 1. The Hall–Kier alpha value is -3.19. The van der Waals surface area contributed by atoms with E-state index in [4.69, 9.17) is 9.15 Å². The van der Waals surface area contributed by atoms with Crippen molar-refractivity contribution < 1.29 is 18.3 Å². The SMILES string of the molecule is COc1cccc2cc(-c3csc(NC(=O)Cc4ccc(F)cc4)n3)oc12. The maximum Gasteiger partial charge on any atom is 0.230 e. The fourth-order valence-corrected chi connectivity index (χ4v) is 3.43. The smallest absolute Gasteiger partial charge is 0.230 e. The van der Waals surface area contributed by atoms with E-state index in [1.165, 1.54) is 23.5 Å². The van der Waals surface area contributed by atoms with E-state index in [0.717, 1.165) is 10.9 Å². The summed E-state index contributed by atoms with van der Waals surface area (Å²) in [5, 5.41) is 5.97. The fraction of sp³-hybridized carbons (Fsp3) is 0.100. The Morgan fingerprint density at radius 1 is 1.26 bits per heavy atom. The van der Waals surface area contributed by atoms with Crippen molar-refractivity contribution in [1.29, 1.82) is 0 Å². The summed E-state index contributed by atoms with van der Waals surface area (Å²) in [6, 6.07) is 13.4. The van der Waals surface area contributed by atoms with Crippen LogP contribution in [0, 0.1) is 5.82 Å². The van der Waals surface area contributed by atoms with Crippen molar-refractivity contribution in [3.05, 3.63) is 65.3 Å². The van der Waals surface area contributed by atoms with E-state index < -0.39 is 0 Å². The van der Waals surface area contributed by atoms with Gasteiger partial charge in [-0.2, -0.15) is 0 Å². The summed E-state index contributed by atoms with van der Waals surface area (Å²) in [5.74, 6) is 0.714. The molecule has 1 N–H and O–H groups in total. The number of hydrogen-bond donors (Lipinski definition) is 1. The van der Waals surface area contributed by atoms with Gasteiger partial charge >= 0.3 is 0 Å². The molecule has 5 nitrogen and oxygen atoms in total. The molecule has 0 fully saturated rings. The largest absolute Gasteiger partial charge is 0.493 e. The summed E-state index contributed by atoms with van der Waals surface area (Å²) < 4.78 is 24.1. The molecule has 0 aliphatic heterocycles. The van der Waals surface area contributed by atoms with Crippen LogP contribution in [0.5, 0.6) is 5.75 Å². The summed E-state index contributed by atoms with van der Waals surface area (Å²) >= 11 is 1.31. The highest BCUT2D eigenvalue weighted by molar-refractivity contribution is 7.14. The highest BCUT2D eigenvalue weighted by Gasteiger charge is 2.14. The highest BCUT2D eigenvalue weighted by Crippen LogP contribution is 2.34. The fourth-order valence-electron chi connectivity index (χ4n) is 2.72. The number of carbonyl (C=O) groups excluding carboxylic acids is 1. The molecule has 0 unspecified atom stereocenters. The molecule has 0 aliphatic carbocycles. The number of benzene rings is 2. The summed E-state index contributed by atoms with van der Waals surface area (Å²) in [4.78, 5) is 16.6. The number of methoxy groups -OCH3 is 1. The van der Waals surface area contributed by atoms with Gasteiger partial charge in [-0.05, 0) is 29.8 Å². The molecule has 1 amide bonds. The molecule has 0 saturated carbocycles. The first-order chi connectivity index (χ1) is 13.1. The summed E-state index contributed by atoms with van der Waals surface area (Å²) in [7, 11) is 1.59. The van der Waals surface area contributed by atoms with Crippen LogP contribution >= 0.6 is 11.3 Å². The van der Waals surface area contributed by atoms with Crippen LogP contribution < -0.4 is 10.1 Å². The number of nitrogens with one attached hydrogen (secondary N) is 1. The molecule has 4 rings (SSSR count). The summed E-state index contributed by atoms with van der Waals surface area (Å²) in [6.45, 7) is 0. The van der Waals surface area contributed by atoms with Gasteiger partial charge in [0.2, 0.25) is 5.91 Å². The van der Waals surface area contributed by atoms with Crippen LogP contribution in [0.4, 0.5) is 9.52 Å². The molecule has 27 heavy (non-hydrogen) atoms. The van der Waals surface area contributed by atoms with Crippen LogP contribution in [0.3, 0.4) is 0 Å². The zero-order chi connectivity index (χ0) is 18.8. The van der Waals surface area contributed by atoms with Crippen LogP contribution in [-0.4, -0.2) is 18.0 Å². The Morgan fingerprint density at radius 3 is 2.85 bits per heavy atom. The van der Waals surface area contributed by atoms with Gasteiger partial charge in [0.15, 0.2) is 22.2 Å². The molecular formula is C20H15FN2O3S. The van der Waals surface area contributed by atoms with Gasteiger partial charge in [0.1, 0.15) is 11.5 Å². The van der Waals surface area contributed by atoms with Gasteiger partial charge in [0.05, 0.1) is 13.5 Å². The van der Waals surface area contributed by atoms with Gasteiger partial charge < -0.3 is 14.5 Å². The predicted octanol–water partition coefficient (Wildman–Crippen LogP) is 4.89. The van der Waals surface area contributed by atoms with Crippen molar-refractivity contribution in [1.82, 2.24) is 4.98 Å². The van der Waals surface area contributed by atoms with E-state index in [0.29, 0.717) is 27.9 Å². The Kier molecular flexibility index (Phi) is 4.60. The van der Waals surface area contributed by atoms with Crippen LogP contribution in [0.15, 0.2) is 58.3 Å². The van der Waals surface area contributed by atoms with Crippen molar-refractivity contribution in [3.63, 3.8) is 0 Å². The van der Waals surface area contributed by atoms with Crippen LogP contribution in [0.1, 0.15) is 5.56 Å². The van der Waals surface area contributed by atoms with E-state index in [1.807, 2.05) is 29.6 Å². The number of para-hydroxylation sites is 1. The zero-order valence-corrected chi connectivity index (χ0v) is 15.2. The number of amides is 1. The molecular weight excluding hydrogens is 367 g/mol. The first-order valence-corrected chi connectivity index (χ1v) is 9.07.